The Kier molecular flexibility index (Phi) is 5.00. The van der Waals surface area contributed by atoms with Crippen molar-refractivity contribution >= 4 is 8.07 Å². The minimum Gasteiger partial charge on any atom is -0.385 e. The highest BCUT2D eigenvalue weighted by Crippen LogP contribution is 2.31. The van der Waals surface area contributed by atoms with E-state index in [0.717, 1.165) is 6.04 Å². The van der Waals surface area contributed by atoms with Crippen molar-refractivity contribution in [2.24, 2.45) is 0 Å². The van der Waals surface area contributed by atoms with Crippen LogP contribution in [0.1, 0.15) is 32.1 Å². The Bertz CT molecular complexity index is 265. The van der Waals surface area contributed by atoms with Crippen LogP contribution in [0.5, 0.6) is 0 Å². The van der Waals surface area contributed by atoms with Crippen molar-refractivity contribution in [1.82, 2.24) is 0 Å². The van der Waals surface area contributed by atoms with Crippen molar-refractivity contribution in [2.75, 3.05) is 0 Å². The van der Waals surface area contributed by atoms with Gasteiger partial charge in [0.1, 0.15) is 0 Å². The van der Waals surface area contributed by atoms with Gasteiger partial charge in [0.25, 0.3) is 0 Å². The van der Waals surface area contributed by atoms with Crippen molar-refractivity contribution in [2.45, 2.75) is 63.9 Å². The van der Waals surface area contributed by atoms with Gasteiger partial charge in [-0.05, 0) is 37.3 Å². The average molecular weight is 238 g/mol. The Morgan fingerprint density at radius 3 is 2.31 bits per heavy atom. The molecule has 92 valence electrons. The highest BCUT2D eigenvalue weighted by Gasteiger charge is 2.22. The van der Waals surface area contributed by atoms with Gasteiger partial charge in [0.15, 0.2) is 0 Å². The van der Waals surface area contributed by atoms with E-state index in [-0.39, 0.29) is 0 Å². The van der Waals surface area contributed by atoms with Gasteiger partial charge in [-0.25, -0.2) is 0 Å². The molecule has 0 radical (unpaired) electrons. The van der Waals surface area contributed by atoms with Crippen molar-refractivity contribution in [3.8, 4) is 0 Å². The van der Waals surface area contributed by atoms with Crippen LogP contribution >= 0.6 is 0 Å². The standard InChI is InChI=1S/C14H26OSi/c1-5-14(15)13(11-16(2,3)4)12-9-7-6-8-10-12/h5,14-15H,1,6-11H2,2-4H3. The van der Waals surface area contributed by atoms with Crippen LogP contribution in [0.4, 0.5) is 0 Å². The van der Waals surface area contributed by atoms with E-state index in [1.165, 1.54) is 43.3 Å². The van der Waals surface area contributed by atoms with Crippen molar-refractivity contribution in [3.05, 3.63) is 23.8 Å². The molecule has 0 amide bonds. The maximum atomic E-state index is 10.1. The number of allylic oxidation sites excluding steroid dienone is 1. The van der Waals surface area contributed by atoms with E-state index in [2.05, 4.69) is 26.2 Å². The Labute approximate surface area is 101 Å². The molecule has 1 atom stereocenters. The van der Waals surface area contributed by atoms with Gasteiger partial charge in [-0.1, -0.05) is 37.7 Å². The largest absolute Gasteiger partial charge is 0.385 e. The summed E-state index contributed by atoms with van der Waals surface area (Å²) in [5, 5.41) is 10.1. The summed E-state index contributed by atoms with van der Waals surface area (Å²) in [6.45, 7) is 10.8. The lowest BCUT2D eigenvalue weighted by molar-refractivity contribution is 0.256. The molecule has 1 aliphatic rings. The first kappa shape index (κ1) is 13.7. The SMILES string of the molecule is C=CC(O)C(C[Si](C)(C)C)=C1CCCCC1. The predicted octanol–water partition coefficient (Wildman–Crippen LogP) is 4.13. The summed E-state index contributed by atoms with van der Waals surface area (Å²) in [6.07, 6.45) is 7.64. The molecule has 0 heterocycles. The van der Waals surface area contributed by atoms with E-state index in [1.807, 2.05) is 0 Å². The van der Waals surface area contributed by atoms with Crippen molar-refractivity contribution in [1.29, 1.82) is 0 Å². The number of hydrogen-bond donors (Lipinski definition) is 1. The minimum atomic E-state index is -1.15. The third-order valence-electron chi connectivity index (χ3n) is 3.21. The van der Waals surface area contributed by atoms with Crippen LogP contribution < -0.4 is 0 Å². The zero-order valence-electron chi connectivity index (χ0n) is 11.1. The molecular weight excluding hydrogens is 212 g/mol. The van der Waals surface area contributed by atoms with E-state index in [0.29, 0.717) is 0 Å². The van der Waals surface area contributed by atoms with Crippen molar-refractivity contribution < 1.29 is 5.11 Å². The lowest BCUT2D eigenvalue weighted by Gasteiger charge is -2.26. The highest BCUT2D eigenvalue weighted by molar-refractivity contribution is 6.76. The molecule has 1 nitrogen and oxygen atoms in total. The fourth-order valence-electron chi connectivity index (χ4n) is 2.45. The second kappa shape index (κ2) is 5.83. The molecule has 0 bridgehead atoms. The second-order valence-electron chi connectivity index (χ2n) is 6.11. The Morgan fingerprint density at radius 1 is 1.31 bits per heavy atom. The Morgan fingerprint density at radius 2 is 1.88 bits per heavy atom. The first-order chi connectivity index (χ1) is 7.44. The molecule has 1 aliphatic carbocycles. The molecule has 16 heavy (non-hydrogen) atoms. The third kappa shape index (κ3) is 4.26. The molecule has 1 unspecified atom stereocenters. The molecular formula is C14H26OSi. The van der Waals surface area contributed by atoms with Gasteiger partial charge in [0, 0.05) is 8.07 Å². The van der Waals surface area contributed by atoms with Crippen LogP contribution in [-0.2, 0) is 0 Å². The monoisotopic (exact) mass is 238 g/mol. The summed E-state index contributed by atoms with van der Waals surface area (Å²) in [6, 6.07) is 1.12. The van der Waals surface area contributed by atoms with E-state index in [1.54, 1.807) is 6.08 Å². The number of rotatable bonds is 4. The third-order valence-corrected chi connectivity index (χ3v) is 4.65. The van der Waals surface area contributed by atoms with E-state index < -0.39 is 14.2 Å². The van der Waals surface area contributed by atoms with Gasteiger partial charge < -0.3 is 5.11 Å². The van der Waals surface area contributed by atoms with Crippen molar-refractivity contribution in [3.63, 3.8) is 0 Å². The lowest BCUT2D eigenvalue weighted by Crippen LogP contribution is -2.25. The molecule has 0 spiro atoms. The van der Waals surface area contributed by atoms with Crippen LogP contribution in [0.15, 0.2) is 23.8 Å². The number of aliphatic hydroxyl groups excluding tert-OH is 1. The van der Waals surface area contributed by atoms with Crippen LogP contribution in [-0.4, -0.2) is 19.3 Å². The predicted molar refractivity (Wildman–Crippen MR) is 74.5 cm³/mol. The van der Waals surface area contributed by atoms with E-state index in [4.69, 9.17) is 0 Å². The number of hydrogen-bond acceptors (Lipinski definition) is 1. The van der Waals surface area contributed by atoms with Crippen LogP contribution in [0.25, 0.3) is 0 Å². The minimum absolute atomic E-state index is 0.403. The maximum absolute atomic E-state index is 10.1. The molecule has 1 N–H and O–H groups in total. The second-order valence-corrected chi connectivity index (χ2v) is 11.6. The zero-order valence-corrected chi connectivity index (χ0v) is 12.1. The lowest BCUT2D eigenvalue weighted by atomic mass is 9.89. The van der Waals surface area contributed by atoms with Crippen LogP contribution in [0.2, 0.25) is 25.7 Å². The van der Waals surface area contributed by atoms with Gasteiger partial charge in [-0.15, -0.1) is 6.58 Å². The average Bonchev–Trinajstić information content (AvgIpc) is 2.25. The Hall–Kier alpha value is -0.343. The first-order valence-electron chi connectivity index (χ1n) is 6.45. The molecule has 1 fully saturated rings. The Balaban J connectivity index is 2.88. The molecule has 0 aromatic heterocycles. The fraction of sp³-hybridized carbons (Fsp3) is 0.714. The summed E-state index contributed by atoms with van der Waals surface area (Å²) in [7, 11) is -1.15. The topological polar surface area (TPSA) is 20.2 Å². The van der Waals surface area contributed by atoms with Gasteiger partial charge in [-0.2, -0.15) is 0 Å². The van der Waals surface area contributed by atoms with Crippen LogP contribution in [0, 0.1) is 0 Å². The normalized spacial score (nSPS) is 19.4. The van der Waals surface area contributed by atoms with E-state index in [9.17, 15) is 5.11 Å². The van der Waals surface area contributed by atoms with Gasteiger partial charge in [0.2, 0.25) is 0 Å². The highest BCUT2D eigenvalue weighted by atomic mass is 28.3. The fourth-order valence-corrected chi connectivity index (χ4v) is 4.05. The smallest absolute Gasteiger partial charge is 0.0929 e. The van der Waals surface area contributed by atoms with E-state index >= 15 is 0 Å². The first-order valence-corrected chi connectivity index (χ1v) is 10.2. The molecule has 0 saturated heterocycles. The molecule has 1 saturated carbocycles. The zero-order chi connectivity index (χ0) is 12.2. The molecule has 1 rings (SSSR count). The summed E-state index contributed by atoms with van der Waals surface area (Å²) < 4.78 is 0. The van der Waals surface area contributed by atoms with Gasteiger partial charge in [0.05, 0.1) is 6.10 Å². The van der Waals surface area contributed by atoms with Crippen LogP contribution in [0.3, 0.4) is 0 Å². The summed E-state index contributed by atoms with van der Waals surface area (Å²) in [5.41, 5.74) is 2.83. The quantitative estimate of drug-likeness (QED) is 0.577. The molecule has 0 aromatic rings. The maximum Gasteiger partial charge on any atom is 0.0929 e. The molecule has 0 aromatic carbocycles. The van der Waals surface area contributed by atoms with Gasteiger partial charge in [-0.3, -0.25) is 0 Å². The van der Waals surface area contributed by atoms with Gasteiger partial charge >= 0.3 is 0 Å². The molecule has 0 aliphatic heterocycles. The summed E-state index contributed by atoms with van der Waals surface area (Å²) in [5.74, 6) is 0. The molecule has 2 heteroatoms. The summed E-state index contributed by atoms with van der Waals surface area (Å²) in [4.78, 5) is 0. The summed E-state index contributed by atoms with van der Waals surface area (Å²) >= 11 is 0. The number of aliphatic hydroxyl groups is 1.